The number of benzene rings is 1. The van der Waals surface area contributed by atoms with Crippen molar-refractivity contribution in [2.75, 3.05) is 18.0 Å². The summed E-state index contributed by atoms with van der Waals surface area (Å²) in [7, 11) is 0. The summed E-state index contributed by atoms with van der Waals surface area (Å²) >= 11 is 0. The van der Waals surface area contributed by atoms with Gasteiger partial charge >= 0.3 is 5.97 Å². The Bertz CT molecular complexity index is 533. The molecular weight excluding hydrogens is 248 g/mol. The third-order valence-corrected chi connectivity index (χ3v) is 3.06. The number of hydrogen-bond donors (Lipinski definition) is 1. The van der Waals surface area contributed by atoms with Crippen molar-refractivity contribution in [3.8, 4) is 0 Å². The standard InChI is InChI=1S/C13H14N2O4/c16-13(17)6-4-10-3-5-11(12(9-10)15(18)19)14-7-1-2-8-14/h3-6,9H,1-2,7-8H2,(H,16,17)/b6-4+. The minimum Gasteiger partial charge on any atom is -0.478 e. The van der Waals surface area contributed by atoms with E-state index in [-0.39, 0.29) is 5.69 Å². The predicted octanol–water partition coefficient (Wildman–Crippen LogP) is 2.29. The van der Waals surface area contributed by atoms with Crippen molar-refractivity contribution < 1.29 is 14.8 Å². The monoisotopic (exact) mass is 262 g/mol. The van der Waals surface area contributed by atoms with Gasteiger partial charge < -0.3 is 10.0 Å². The Morgan fingerprint density at radius 3 is 2.63 bits per heavy atom. The molecule has 1 aliphatic rings. The van der Waals surface area contributed by atoms with Crippen LogP contribution in [0.3, 0.4) is 0 Å². The predicted molar refractivity (Wildman–Crippen MR) is 71.2 cm³/mol. The zero-order chi connectivity index (χ0) is 13.8. The van der Waals surface area contributed by atoms with E-state index >= 15 is 0 Å². The number of hydrogen-bond acceptors (Lipinski definition) is 4. The molecule has 0 spiro atoms. The second-order valence-electron chi connectivity index (χ2n) is 4.37. The summed E-state index contributed by atoms with van der Waals surface area (Å²) in [6, 6.07) is 4.79. The van der Waals surface area contributed by atoms with Crippen LogP contribution in [0.25, 0.3) is 6.08 Å². The molecule has 6 nitrogen and oxygen atoms in total. The van der Waals surface area contributed by atoms with E-state index in [4.69, 9.17) is 5.11 Å². The van der Waals surface area contributed by atoms with Gasteiger partial charge in [0, 0.05) is 25.2 Å². The van der Waals surface area contributed by atoms with Gasteiger partial charge in [-0.05, 0) is 30.5 Å². The van der Waals surface area contributed by atoms with Crippen LogP contribution in [0, 0.1) is 10.1 Å². The minimum absolute atomic E-state index is 0.0226. The molecule has 1 heterocycles. The molecule has 1 fully saturated rings. The maximum absolute atomic E-state index is 11.1. The number of carbonyl (C=O) groups is 1. The number of carboxylic acids is 1. The molecule has 1 aromatic rings. The van der Waals surface area contributed by atoms with Crippen LogP contribution in [-0.4, -0.2) is 29.1 Å². The fourth-order valence-corrected chi connectivity index (χ4v) is 2.18. The van der Waals surface area contributed by atoms with E-state index in [1.807, 2.05) is 4.90 Å². The summed E-state index contributed by atoms with van der Waals surface area (Å²) in [6.45, 7) is 1.65. The lowest BCUT2D eigenvalue weighted by atomic mass is 10.1. The highest BCUT2D eigenvalue weighted by molar-refractivity contribution is 5.85. The number of anilines is 1. The lowest BCUT2D eigenvalue weighted by Crippen LogP contribution is -2.18. The van der Waals surface area contributed by atoms with E-state index < -0.39 is 10.9 Å². The molecule has 0 aliphatic carbocycles. The van der Waals surface area contributed by atoms with Crippen molar-refractivity contribution in [1.82, 2.24) is 0 Å². The maximum atomic E-state index is 11.1. The number of rotatable bonds is 4. The Morgan fingerprint density at radius 1 is 1.37 bits per heavy atom. The number of carboxylic acid groups (broad SMARTS) is 1. The molecule has 0 saturated carbocycles. The molecule has 0 aromatic heterocycles. The Kier molecular flexibility index (Phi) is 3.79. The van der Waals surface area contributed by atoms with Crippen LogP contribution in [0.5, 0.6) is 0 Å². The molecule has 6 heteroatoms. The van der Waals surface area contributed by atoms with Crippen molar-refractivity contribution in [2.45, 2.75) is 12.8 Å². The molecule has 0 bridgehead atoms. The average Bonchev–Trinajstić information content (AvgIpc) is 2.89. The fourth-order valence-electron chi connectivity index (χ4n) is 2.18. The van der Waals surface area contributed by atoms with Gasteiger partial charge in [-0.25, -0.2) is 4.79 Å². The first-order valence-electron chi connectivity index (χ1n) is 6.02. The van der Waals surface area contributed by atoms with E-state index in [1.54, 1.807) is 12.1 Å². The molecule has 1 saturated heterocycles. The van der Waals surface area contributed by atoms with Gasteiger partial charge in [0.15, 0.2) is 0 Å². The zero-order valence-electron chi connectivity index (χ0n) is 10.3. The lowest BCUT2D eigenvalue weighted by Gasteiger charge is -2.17. The molecule has 0 atom stereocenters. The van der Waals surface area contributed by atoms with E-state index in [1.165, 1.54) is 12.1 Å². The van der Waals surface area contributed by atoms with Gasteiger partial charge in [-0.2, -0.15) is 0 Å². The van der Waals surface area contributed by atoms with Crippen LogP contribution in [0.2, 0.25) is 0 Å². The third kappa shape index (κ3) is 3.09. The van der Waals surface area contributed by atoms with Gasteiger partial charge in [0.05, 0.1) is 4.92 Å². The fraction of sp³-hybridized carbons (Fsp3) is 0.308. The summed E-state index contributed by atoms with van der Waals surface area (Å²) in [5.41, 5.74) is 1.14. The summed E-state index contributed by atoms with van der Waals surface area (Å²) in [6.07, 6.45) is 4.40. The van der Waals surface area contributed by atoms with Gasteiger partial charge in [0.25, 0.3) is 5.69 Å². The summed E-state index contributed by atoms with van der Waals surface area (Å²) in [5, 5.41) is 19.7. The van der Waals surface area contributed by atoms with Crippen molar-refractivity contribution in [3.63, 3.8) is 0 Å². The normalized spacial score (nSPS) is 15.1. The van der Waals surface area contributed by atoms with Crippen LogP contribution in [0.4, 0.5) is 11.4 Å². The molecule has 0 radical (unpaired) electrons. The van der Waals surface area contributed by atoms with Crippen LogP contribution in [-0.2, 0) is 4.79 Å². The summed E-state index contributed by atoms with van der Waals surface area (Å²) < 4.78 is 0. The van der Waals surface area contributed by atoms with Gasteiger partial charge in [-0.3, -0.25) is 10.1 Å². The second-order valence-corrected chi connectivity index (χ2v) is 4.37. The van der Waals surface area contributed by atoms with Crippen LogP contribution < -0.4 is 4.90 Å². The highest BCUT2D eigenvalue weighted by atomic mass is 16.6. The largest absolute Gasteiger partial charge is 0.478 e. The van der Waals surface area contributed by atoms with Gasteiger partial charge in [-0.1, -0.05) is 6.07 Å². The van der Waals surface area contributed by atoms with Crippen molar-refractivity contribution in [2.24, 2.45) is 0 Å². The first kappa shape index (κ1) is 13.1. The quantitative estimate of drug-likeness (QED) is 0.511. The second kappa shape index (κ2) is 5.51. The average molecular weight is 262 g/mol. The molecule has 0 unspecified atom stereocenters. The Labute approximate surface area is 110 Å². The zero-order valence-corrected chi connectivity index (χ0v) is 10.3. The number of nitrogens with zero attached hydrogens (tertiary/aromatic N) is 2. The smallest absolute Gasteiger partial charge is 0.328 e. The number of nitro benzene ring substituents is 1. The summed E-state index contributed by atoms with van der Waals surface area (Å²) in [4.78, 5) is 23.1. The Morgan fingerprint density at radius 2 is 2.05 bits per heavy atom. The molecule has 2 rings (SSSR count). The van der Waals surface area contributed by atoms with Crippen LogP contribution >= 0.6 is 0 Å². The van der Waals surface area contributed by atoms with Crippen LogP contribution in [0.1, 0.15) is 18.4 Å². The SMILES string of the molecule is O=C(O)/C=C/c1ccc(N2CCCC2)c([N+](=O)[O-])c1. The van der Waals surface area contributed by atoms with Gasteiger partial charge in [-0.15, -0.1) is 0 Å². The summed E-state index contributed by atoms with van der Waals surface area (Å²) in [5.74, 6) is -1.08. The van der Waals surface area contributed by atoms with Crippen molar-refractivity contribution in [1.29, 1.82) is 0 Å². The van der Waals surface area contributed by atoms with E-state index in [0.29, 0.717) is 11.3 Å². The third-order valence-electron chi connectivity index (χ3n) is 3.06. The van der Waals surface area contributed by atoms with Gasteiger partial charge in [0.1, 0.15) is 5.69 Å². The van der Waals surface area contributed by atoms with E-state index in [2.05, 4.69) is 0 Å². The first-order chi connectivity index (χ1) is 9.08. The molecule has 0 amide bonds. The maximum Gasteiger partial charge on any atom is 0.328 e. The molecular formula is C13H14N2O4. The Balaban J connectivity index is 2.34. The number of aliphatic carboxylic acids is 1. The molecule has 1 N–H and O–H groups in total. The molecule has 1 aliphatic heterocycles. The van der Waals surface area contributed by atoms with E-state index in [9.17, 15) is 14.9 Å². The van der Waals surface area contributed by atoms with Crippen molar-refractivity contribution >= 4 is 23.4 Å². The van der Waals surface area contributed by atoms with E-state index in [0.717, 1.165) is 32.0 Å². The minimum atomic E-state index is -1.08. The highest BCUT2D eigenvalue weighted by Crippen LogP contribution is 2.31. The van der Waals surface area contributed by atoms with Gasteiger partial charge in [0.2, 0.25) is 0 Å². The molecule has 100 valence electrons. The lowest BCUT2D eigenvalue weighted by molar-refractivity contribution is -0.384. The molecule has 19 heavy (non-hydrogen) atoms. The number of nitro groups is 1. The first-order valence-corrected chi connectivity index (χ1v) is 6.02. The Hall–Kier alpha value is -2.37. The highest BCUT2D eigenvalue weighted by Gasteiger charge is 2.22. The van der Waals surface area contributed by atoms with Crippen molar-refractivity contribution in [3.05, 3.63) is 40.0 Å². The van der Waals surface area contributed by atoms with Crippen LogP contribution in [0.15, 0.2) is 24.3 Å². The molecule has 1 aromatic carbocycles. The topological polar surface area (TPSA) is 83.7 Å².